The highest BCUT2D eigenvalue weighted by Crippen LogP contribution is 2.30. The summed E-state index contributed by atoms with van der Waals surface area (Å²) < 4.78 is 28.4. The van der Waals surface area contributed by atoms with Gasteiger partial charge in [-0.15, -0.1) is 0 Å². The molecule has 0 aliphatic carbocycles. The third-order valence-electron chi connectivity index (χ3n) is 2.91. The number of aromatic nitrogens is 3. The Balaban J connectivity index is 2.17. The van der Waals surface area contributed by atoms with E-state index < -0.39 is 23.6 Å². The minimum absolute atomic E-state index is 0.0167. The van der Waals surface area contributed by atoms with Crippen molar-refractivity contribution in [3.8, 4) is 0 Å². The molecule has 0 spiro atoms. The van der Waals surface area contributed by atoms with Gasteiger partial charge in [-0.3, -0.25) is 0 Å². The summed E-state index contributed by atoms with van der Waals surface area (Å²) in [6, 6.07) is 2.10. The zero-order valence-corrected chi connectivity index (χ0v) is 9.92. The smallest absolute Gasteiger partial charge is 0.352 e. The third kappa shape index (κ3) is 1.91. The first-order chi connectivity index (χ1) is 9.56. The van der Waals surface area contributed by atoms with Gasteiger partial charge in [0.05, 0.1) is 0 Å². The van der Waals surface area contributed by atoms with E-state index in [9.17, 15) is 13.6 Å². The summed E-state index contributed by atoms with van der Waals surface area (Å²) in [5.41, 5.74) is -0.184. The second-order valence-corrected chi connectivity index (χ2v) is 4.15. The van der Waals surface area contributed by atoms with Crippen LogP contribution < -0.4 is 5.32 Å². The van der Waals surface area contributed by atoms with Gasteiger partial charge in [0, 0.05) is 5.56 Å². The number of fused-ring (bicyclic) bond motifs is 1. The average molecular weight is 278 g/mol. The number of allylic oxidation sites excluding steroid dienone is 1. The van der Waals surface area contributed by atoms with Crippen molar-refractivity contribution in [2.24, 2.45) is 0 Å². The van der Waals surface area contributed by atoms with Gasteiger partial charge < -0.3 is 10.4 Å². The number of carbonyl (C=O) groups is 1. The van der Waals surface area contributed by atoms with Gasteiger partial charge >= 0.3 is 5.97 Å². The van der Waals surface area contributed by atoms with Gasteiger partial charge in [-0.05, 0) is 24.3 Å². The normalized spacial score (nSPS) is 17.1. The number of halogens is 2. The molecule has 1 aromatic heterocycles. The molecule has 0 bridgehead atoms. The van der Waals surface area contributed by atoms with Crippen LogP contribution in [0.25, 0.3) is 0 Å². The zero-order chi connectivity index (χ0) is 14.3. The maximum absolute atomic E-state index is 13.9. The fourth-order valence-electron chi connectivity index (χ4n) is 2.02. The number of hydrogen-bond donors (Lipinski definition) is 2. The summed E-state index contributed by atoms with van der Waals surface area (Å²) in [7, 11) is 0. The van der Waals surface area contributed by atoms with Crippen LogP contribution in [0, 0.1) is 11.6 Å². The van der Waals surface area contributed by atoms with Crippen LogP contribution >= 0.6 is 0 Å². The zero-order valence-electron chi connectivity index (χ0n) is 9.92. The van der Waals surface area contributed by atoms with Crippen LogP contribution in [0.1, 0.15) is 11.6 Å². The number of hydrogen-bond acceptors (Lipinski definition) is 4. The molecule has 0 amide bonds. The molecule has 1 aliphatic heterocycles. The van der Waals surface area contributed by atoms with Crippen molar-refractivity contribution in [1.29, 1.82) is 0 Å². The largest absolute Gasteiger partial charge is 0.477 e. The predicted molar refractivity (Wildman–Crippen MR) is 63.9 cm³/mol. The molecule has 1 aromatic carbocycles. The van der Waals surface area contributed by atoms with Gasteiger partial charge in [0.25, 0.3) is 0 Å². The molecule has 2 aromatic rings. The van der Waals surface area contributed by atoms with E-state index in [1.165, 1.54) is 17.1 Å². The summed E-state index contributed by atoms with van der Waals surface area (Å²) in [4.78, 5) is 14.9. The Morgan fingerprint density at radius 1 is 1.40 bits per heavy atom. The highest BCUT2D eigenvalue weighted by molar-refractivity contribution is 5.90. The predicted octanol–water partition coefficient (Wildman–Crippen LogP) is 1.54. The molecular weight excluding hydrogens is 270 g/mol. The first kappa shape index (κ1) is 12.3. The van der Waals surface area contributed by atoms with Crippen LogP contribution in [0.4, 0.5) is 14.7 Å². The highest BCUT2D eigenvalue weighted by Gasteiger charge is 2.27. The lowest BCUT2D eigenvalue weighted by Crippen LogP contribution is -2.25. The first-order valence-corrected chi connectivity index (χ1v) is 5.63. The summed E-state index contributed by atoms with van der Waals surface area (Å²) >= 11 is 0. The van der Waals surface area contributed by atoms with E-state index >= 15 is 0 Å². The molecule has 20 heavy (non-hydrogen) atoms. The Bertz CT molecular complexity index is 726. The van der Waals surface area contributed by atoms with E-state index in [1.54, 1.807) is 0 Å². The lowest BCUT2D eigenvalue weighted by molar-refractivity contribution is -0.132. The number of carboxylic acid groups (broad SMARTS) is 1. The number of anilines is 1. The van der Waals surface area contributed by atoms with Gasteiger partial charge in [-0.1, -0.05) is 0 Å². The van der Waals surface area contributed by atoms with Crippen molar-refractivity contribution in [3.63, 3.8) is 0 Å². The Morgan fingerprint density at radius 2 is 2.20 bits per heavy atom. The standard InChI is InChI=1S/C12H8F2N4O2/c13-6-1-2-8(14)7(3-6)10-4-9(11(19)20)17-12-15-5-16-18(10)12/h1-5,10H,(H,19,20)(H,15,16,17). The lowest BCUT2D eigenvalue weighted by Gasteiger charge is -2.22. The van der Waals surface area contributed by atoms with E-state index in [2.05, 4.69) is 15.4 Å². The highest BCUT2D eigenvalue weighted by atomic mass is 19.1. The number of rotatable bonds is 2. The van der Waals surface area contributed by atoms with Crippen molar-refractivity contribution >= 4 is 11.9 Å². The molecule has 8 heteroatoms. The van der Waals surface area contributed by atoms with Crippen molar-refractivity contribution in [3.05, 3.63) is 53.5 Å². The molecular formula is C12H8F2N4O2. The maximum atomic E-state index is 13.9. The van der Waals surface area contributed by atoms with E-state index in [-0.39, 0.29) is 17.2 Å². The van der Waals surface area contributed by atoms with Crippen LogP contribution in [0.5, 0.6) is 0 Å². The topological polar surface area (TPSA) is 80.0 Å². The molecule has 0 saturated heterocycles. The average Bonchev–Trinajstić information content (AvgIpc) is 2.88. The van der Waals surface area contributed by atoms with Gasteiger partial charge in [-0.2, -0.15) is 10.1 Å². The molecule has 0 fully saturated rings. The molecule has 102 valence electrons. The number of carboxylic acids is 1. The minimum Gasteiger partial charge on any atom is -0.477 e. The van der Waals surface area contributed by atoms with Gasteiger partial charge in [0.15, 0.2) is 0 Å². The van der Waals surface area contributed by atoms with Gasteiger partial charge in [-0.25, -0.2) is 18.3 Å². The van der Waals surface area contributed by atoms with Crippen molar-refractivity contribution in [2.75, 3.05) is 5.32 Å². The molecule has 0 radical (unpaired) electrons. The van der Waals surface area contributed by atoms with E-state index in [0.717, 1.165) is 18.2 Å². The van der Waals surface area contributed by atoms with Crippen LogP contribution in [0.15, 0.2) is 36.3 Å². The van der Waals surface area contributed by atoms with Crippen LogP contribution in [0.3, 0.4) is 0 Å². The minimum atomic E-state index is -1.22. The quantitative estimate of drug-likeness (QED) is 0.871. The molecule has 1 unspecified atom stereocenters. The fraction of sp³-hybridized carbons (Fsp3) is 0.0833. The Morgan fingerprint density at radius 3 is 2.95 bits per heavy atom. The maximum Gasteiger partial charge on any atom is 0.352 e. The number of benzene rings is 1. The second kappa shape index (κ2) is 4.41. The van der Waals surface area contributed by atoms with Crippen molar-refractivity contribution in [1.82, 2.24) is 14.8 Å². The summed E-state index contributed by atoms with van der Waals surface area (Å²) in [6.45, 7) is 0. The number of nitrogens with zero attached hydrogens (tertiary/aromatic N) is 3. The van der Waals surface area contributed by atoms with E-state index in [4.69, 9.17) is 5.11 Å². The summed E-state index contributed by atoms with van der Waals surface area (Å²) in [6.07, 6.45) is 2.45. The van der Waals surface area contributed by atoms with E-state index in [0.29, 0.717) is 0 Å². The molecule has 0 saturated carbocycles. The molecule has 3 rings (SSSR count). The molecule has 1 atom stereocenters. The third-order valence-corrected chi connectivity index (χ3v) is 2.91. The first-order valence-electron chi connectivity index (χ1n) is 5.63. The number of aliphatic carboxylic acids is 1. The van der Waals surface area contributed by atoms with E-state index in [1.807, 2.05) is 0 Å². The van der Waals surface area contributed by atoms with Crippen LogP contribution in [-0.2, 0) is 4.79 Å². The summed E-state index contributed by atoms with van der Waals surface area (Å²) in [5, 5.41) is 15.5. The van der Waals surface area contributed by atoms with Crippen molar-refractivity contribution < 1.29 is 18.7 Å². The summed E-state index contributed by atoms with van der Waals surface area (Å²) in [5.74, 6) is -2.34. The van der Waals surface area contributed by atoms with Gasteiger partial charge in [0.2, 0.25) is 5.95 Å². The molecule has 2 N–H and O–H groups in total. The second-order valence-electron chi connectivity index (χ2n) is 4.15. The monoisotopic (exact) mass is 278 g/mol. The van der Waals surface area contributed by atoms with Crippen LogP contribution in [-0.4, -0.2) is 25.8 Å². The number of nitrogens with one attached hydrogen (secondary N) is 1. The Labute approximate surface area is 111 Å². The lowest BCUT2D eigenvalue weighted by atomic mass is 10.0. The SMILES string of the molecule is O=C(O)C1=CC(c2cc(F)ccc2F)n2ncnc2N1. The Kier molecular flexibility index (Phi) is 2.70. The molecule has 2 heterocycles. The van der Waals surface area contributed by atoms with Crippen molar-refractivity contribution in [2.45, 2.75) is 6.04 Å². The fourth-order valence-corrected chi connectivity index (χ4v) is 2.02. The molecule has 6 nitrogen and oxygen atoms in total. The Hall–Kier alpha value is -2.77. The van der Waals surface area contributed by atoms with Crippen LogP contribution in [0.2, 0.25) is 0 Å². The van der Waals surface area contributed by atoms with Gasteiger partial charge in [0.1, 0.15) is 29.7 Å². The molecule has 1 aliphatic rings.